The van der Waals surface area contributed by atoms with Gasteiger partial charge in [-0.25, -0.2) is 9.97 Å². The fraction of sp³-hybridized carbons (Fsp3) is 0.190. The molecule has 5 rings (SSSR count). The van der Waals surface area contributed by atoms with Crippen LogP contribution >= 0.6 is 22.9 Å². The molecule has 0 saturated heterocycles. The highest BCUT2D eigenvalue weighted by molar-refractivity contribution is 7.13. The molecule has 1 aliphatic rings. The van der Waals surface area contributed by atoms with Crippen molar-refractivity contribution >= 4 is 39.8 Å². The molecule has 0 bridgehead atoms. The molecule has 0 fully saturated rings. The zero-order chi connectivity index (χ0) is 20.0. The van der Waals surface area contributed by atoms with E-state index in [4.69, 9.17) is 26.7 Å². The lowest BCUT2D eigenvalue weighted by Crippen LogP contribution is -2.33. The second-order valence-corrected chi connectivity index (χ2v) is 8.40. The lowest BCUT2D eigenvalue weighted by molar-refractivity contribution is 0.241. The van der Waals surface area contributed by atoms with Crippen molar-refractivity contribution in [1.82, 2.24) is 14.9 Å². The van der Waals surface area contributed by atoms with Gasteiger partial charge in [-0.1, -0.05) is 17.7 Å². The van der Waals surface area contributed by atoms with Crippen molar-refractivity contribution in [3.8, 4) is 10.7 Å². The van der Waals surface area contributed by atoms with Gasteiger partial charge >= 0.3 is 0 Å². The quantitative estimate of drug-likeness (QED) is 0.532. The van der Waals surface area contributed by atoms with E-state index in [2.05, 4.69) is 9.88 Å². The SMILES string of the molecule is Nc1oc2ccc(Cl)cc2c(=O)c1CN1CCc2nc(-c3cccs3)ncc2C1. The molecule has 4 heterocycles. The number of nitrogens with zero attached hydrogens (tertiary/aromatic N) is 3. The summed E-state index contributed by atoms with van der Waals surface area (Å²) in [5, 5.41) is 2.96. The Labute approximate surface area is 175 Å². The van der Waals surface area contributed by atoms with Crippen LogP contribution in [0.3, 0.4) is 0 Å². The number of hydrogen-bond acceptors (Lipinski definition) is 7. The van der Waals surface area contributed by atoms with Gasteiger partial charge in [0.05, 0.1) is 21.5 Å². The second kappa shape index (κ2) is 7.26. The molecular weight excluding hydrogens is 408 g/mol. The first-order valence-electron chi connectivity index (χ1n) is 9.20. The number of fused-ring (bicyclic) bond motifs is 2. The molecule has 6 nitrogen and oxygen atoms in total. The van der Waals surface area contributed by atoms with Crippen LogP contribution < -0.4 is 11.2 Å². The number of halogens is 1. The molecule has 3 aromatic heterocycles. The summed E-state index contributed by atoms with van der Waals surface area (Å²) in [6, 6.07) is 8.99. The highest BCUT2D eigenvalue weighted by Crippen LogP contribution is 2.26. The van der Waals surface area contributed by atoms with Crippen molar-refractivity contribution in [2.45, 2.75) is 19.5 Å². The molecule has 1 aromatic carbocycles. The minimum atomic E-state index is -0.138. The highest BCUT2D eigenvalue weighted by Gasteiger charge is 2.22. The summed E-state index contributed by atoms with van der Waals surface area (Å²) >= 11 is 7.68. The van der Waals surface area contributed by atoms with Gasteiger partial charge in [-0.2, -0.15) is 0 Å². The van der Waals surface area contributed by atoms with Crippen LogP contribution in [0.4, 0.5) is 5.88 Å². The van der Waals surface area contributed by atoms with E-state index < -0.39 is 0 Å². The van der Waals surface area contributed by atoms with Crippen molar-refractivity contribution in [1.29, 1.82) is 0 Å². The van der Waals surface area contributed by atoms with Gasteiger partial charge in [-0.15, -0.1) is 11.3 Å². The van der Waals surface area contributed by atoms with Gasteiger partial charge in [0.15, 0.2) is 17.1 Å². The van der Waals surface area contributed by atoms with Crippen LogP contribution in [0.25, 0.3) is 21.7 Å². The Hall–Kier alpha value is -2.74. The van der Waals surface area contributed by atoms with Gasteiger partial charge in [0.1, 0.15) is 5.58 Å². The van der Waals surface area contributed by atoms with Gasteiger partial charge in [0.25, 0.3) is 0 Å². The van der Waals surface area contributed by atoms with E-state index in [1.54, 1.807) is 29.5 Å². The van der Waals surface area contributed by atoms with E-state index >= 15 is 0 Å². The second-order valence-electron chi connectivity index (χ2n) is 7.02. The summed E-state index contributed by atoms with van der Waals surface area (Å²) < 4.78 is 5.67. The summed E-state index contributed by atoms with van der Waals surface area (Å²) in [7, 11) is 0. The third-order valence-corrected chi connectivity index (χ3v) is 6.21. The van der Waals surface area contributed by atoms with Crippen LogP contribution in [0, 0.1) is 0 Å². The number of benzene rings is 1. The molecule has 0 spiro atoms. The summed E-state index contributed by atoms with van der Waals surface area (Å²) in [6.45, 7) is 1.84. The smallest absolute Gasteiger partial charge is 0.199 e. The van der Waals surface area contributed by atoms with Gasteiger partial charge < -0.3 is 10.2 Å². The standard InChI is InChI=1S/C21H17ClN4O2S/c22-13-3-4-17-14(8-13)19(27)15(20(23)28-17)11-26-6-5-16-12(10-26)9-24-21(25-16)18-2-1-7-29-18/h1-4,7-9H,5-6,10-11,23H2. The van der Waals surface area contributed by atoms with Crippen LogP contribution in [0.1, 0.15) is 16.8 Å². The van der Waals surface area contributed by atoms with E-state index in [-0.39, 0.29) is 11.3 Å². The number of nitrogen functional groups attached to an aromatic ring is 1. The number of hydrogen-bond donors (Lipinski definition) is 1. The van der Waals surface area contributed by atoms with Gasteiger partial charge in [-0.05, 0) is 29.6 Å². The minimum Gasteiger partial charge on any atom is -0.440 e. The molecule has 29 heavy (non-hydrogen) atoms. The molecule has 0 aliphatic carbocycles. The fourth-order valence-electron chi connectivity index (χ4n) is 3.63. The molecule has 1 aliphatic heterocycles. The maximum atomic E-state index is 12.9. The van der Waals surface area contributed by atoms with E-state index in [9.17, 15) is 4.79 Å². The van der Waals surface area contributed by atoms with Crippen molar-refractivity contribution in [3.05, 3.63) is 74.0 Å². The number of thiophene rings is 1. The van der Waals surface area contributed by atoms with E-state index in [0.29, 0.717) is 34.6 Å². The predicted molar refractivity (Wildman–Crippen MR) is 115 cm³/mol. The predicted octanol–water partition coefficient (Wildman–Crippen LogP) is 4.11. The van der Waals surface area contributed by atoms with Crippen LogP contribution in [0.15, 0.2) is 51.1 Å². The lowest BCUT2D eigenvalue weighted by Gasteiger charge is -2.28. The third-order valence-electron chi connectivity index (χ3n) is 5.11. The largest absolute Gasteiger partial charge is 0.440 e. The normalized spacial score (nSPS) is 14.2. The van der Waals surface area contributed by atoms with Gasteiger partial charge in [0, 0.05) is 42.8 Å². The first-order chi connectivity index (χ1) is 14.1. The molecule has 8 heteroatoms. The molecule has 0 atom stereocenters. The Morgan fingerprint density at radius 1 is 1.31 bits per heavy atom. The van der Waals surface area contributed by atoms with Crippen LogP contribution in [-0.4, -0.2) is 21.4 Å². The van der Waals surface area contributed by atoms with Crippen molar-refractivity contribution in [2.24, 2.45) is 0 Å². The first kappa shape index (κ1) is 18.3. The molecule has 4 aromatic rings. The maximum absolute atomic E-state index is 12.9. The molecule has 0 amide bonds. The third kappa shape index (κ3) is 3.42. The maximum Gasteiger partial charge on any atom is 0.199 e. The Kier molecular flexibility index (Phi) is 4.58. The molecule has 0 saturated carbocycles. The molecule has 146 valence electrons. The van der Waals surface area contributed by atoms with Gasteiger partial charge in [-0.3, -0.25) is 9.69 Å². The molecule has 0 unspecified atom stereocenters. The van der Waals surface area contributed by atoms with Crippen molar-refractivity contribution in [3.63, 3.8) is 0 Å². The zero-order valence-corrected chi connectivity index (χ0v) is 17.0. The molecule has 2 N–H and O–H groups in total. The zero-order valence-electron chi connectivity index (χ0n) is 15.4. The van der Waals surface area contributed by atoms with Crippen molar-refractivity contribution in [2.75, 3.05) is 12.3 Å². The Morgan fingerprint density at radius 2 is 2.21 bits per heavy atom. The van der Waals surface area contributed by atoms with Crippen LogP contribution in [0.2, 0.25) is 5.02 Å². The minimum absolute atomic E-state index is 0.138. The lowest BCUT2D eigenvalue weighted by atomic mass is 10.1. The highest BCUT2D eigenvalue weighted by atomic mass is 35.5. The summed E-state index contributed by atoms with van der Waals surface area (Å²) in [5.74, 6) is 0.920. The van der Waals surface area contributed by atoms with Gasteiger partial charge in [0.2, 0.25) is 0 Å². The molecular formula is C21H17ClN4O2S. The first-order valence-corrected chi connectivity index (χ1v) is 10.5. The Morgan fingerprint density at radius 3 is 3.03 bits per heavy atom. The Bertz CT molecular complexity index is 1270. The molecule has 0 radical (unpaired) electrons. The fourth-order valence-corrected chi connectivity index (χ4v) is 4.47. The number of aromatic nitrogens is 2. The Balaban J connectivity index is 1.42. The average molecular weight is 425 g/mol. The van der Waals surface area contributed by atoms with Crippen LogP contribution in [0.5, 0.6) is 0 Å². The van der Waals surface area contributed by atoms with Crippen LogP contribution in [-0.2, 0) is 19.5 Å². The summed E-state index contributed by atoms with van der Waals surface area (Å²) in [5.41, 5.74) is 8.96. The van der Waals surface area contributed by atoms with E-state index in [1.165, 1.54) is 0 Å². The monoisotopic (exact) mass is 424 g/mol. The van der Waals surface area contributed by atoms with E-state index in [1.807, 2.05) is 23.7 Å². The summed E-state index contributed by atoms with van der Waals surface area (Å²) in [4.78, 5) is 25.4. The topological polar surface area (TPSA) is 85.2 Å². The van der Waals surface area contributed by atoms with Crippen molar-refractivity contribution < 1.29 is 4.42 Å². The van der Waals surface area contributed by atoms with E-state index in [0.717, 1.165) is 34.9 Å². The number of nitrogens with two attached hydrogens (primary N) is 1. The number of rotatable bonds is 3. The number of anilines is 1. The summed E-state index contributed by atoms with van der Waals surface area (Å²) in [6.07, 6.45) is 2.68. The average Bonchev–Trinajstić information content (AvgIpc) is 3.26.